The molecular formula is C15H10Br2ClNO3. The van der Waals surface area contributed by atoms with Crippen molar-refractivity contribution in [3.05, 3.63) is 49.9 Å². The van der Waals surface area contributed by atoms with E-state index in [1.54, 1.807) is 12.1 Å². The second-order valence-electron chi connectivity index (χ2n) is 4.56. The average molecular weight is 448 g/mol. The number of amides is 1. The molecule has 1 aliphatic rings. The van der Waals surface area contributed by atoms with E-state index in [2.05, 4.69) is 37.2 Å². The Morgan fingerprint density at radius 3 is 2.73 bits per heavy atom. The molecule has 1 aliphatic heterocycles. The molecule has 1 heterocycles. The minimum absolute atomic E-state index is 0.280. The average Bonchev–Trinajstić information content (AvgIpc) is 2.51. The molecule has 114 valence electrons. The molecule has 0 fully saturated rings. The second-order valence-corrected chi connectivity index (χ2v) is 6.74. The smallest absolute Gasteiger partial charge is 0.255 e. The SMILES string of the molecule is O=C(Nc1cc(Br)ccc1Br)c1cc(Cl)c2c(c1)OCCO2. The molecule has 22 heavy (non-hydrogen) atoms. The maximum Gasteiger partial charge on any atom is 0.255 e. The molecule has 0 atom stereocenters. The Labute approximate surface area is 149 Å². The van der Waals surface area contributed by atoms with E-state index < -0.39 is 0 Å². The summed E-state index contributed by atoms with van der Waals surface area (Å²) in [5.74, 6) is 0.683. The predicted octanol–water partition coefficient (Wildman–Crippen LogP) is 4.89. The number of anilines is 1. The van der Waals surface area contributed by atoms with Crippen molar-refractivity contribution in [2.45, 2.75) is 0 Å². The van der Waals surface area contributed by atoms with Crippen molar-refractivity contribution in [3.63, 3.8) is 0 Å². The summed E-state index contributed by atoms with van der Waals surface area (Å²) in [5.41, 5.74) is 1.06. The fraction of sp³-hybridized carbons (Fsp3) is 0.133. The fourth-order valence-electron chi connectivity index (χ4n) is 2.03. The Hall–Kier alpha value is -1.24. The number of hydrogen-bond acceptors (Lipinski definition) is 3. The molecule has 4 nitrogen and oxygen atoms in total. The number of rotatable bonds is 2. The van der Waals surface area contributed by atoms with E-state index in [9.17, 15) is 4.79 Å². The summed E-state index contributed by atoms with van der Waals surface area (Å²) in [7, 11) is 0. The van der Waals surface area contributed by atoms with Crippen LogP contribution in [0.2, 0.25) is 5.02 Å². The van der Waals surface area contributed by atoms with Gasteiger partial charge in [-0.1, -0.05) is 27.5 Å². The highest BCUT2D eigenvalue weighted by Gasteiger charge is 2.19. The van der Waals surface area contributed by atoms with Crippen molar-refractivity contribution in [1.82, 2.24) is 0 Å². The quantitative estimate of drug-likeness (QED) is 0.713. The van der Waals surface area contributed by atoms with Gasteiger partial charge in [0, 0.05) is 14.5 Å². The molecule has 0 aliphatic carbocycles. The number of fused-ring (bicyclic) bond motifs is 1. The molecule has 0 spiro atoms. The van der Waals surface area contributed by atoms with Crippen molar-refractivity contribution in [3.8, 4) is 11.5 Å². The van der Waals surface area contributed by atoms with Gasteiger partial charge in [-0.3, -0.25) is 4.79 Å². The number of ether oxygens (including phenoxy) is 2. The van der Waals surface area contributed by atoms with Gasteiger partial charge in [-0.15, -0.1) is 0 Å². The number of halogens is 3. The summed E-state index contributed by atoms with van der Waals surface area (Å²) in [4.78, 5) is 12.4. The molecule has 2 aromatic carbocycles. The Morgan fingerprint density at radius 1 is 1.14 bits per heavy atom. The Balaban J connectivity index is 1.89. The summed E-state index contributed by atoms with van der Waals surface area (Å²) in [6, 6.07) is 8.72. The van der Waals surface area contributed by atoms with Gasteiger partial charge >= 0.3 is 0 Å². The Morgan fingerprint density at radius 2 is 1.91 bits per heavy atom. The summed E-state index contributed by atoms with van der Waals surface area (Å²) >= 11 is 12.9. The molecule has 0 aromatic heterocycles. The first-order chi connectivity index (χ1) is 10.5. The van der Waals surface area contributed by atoms with Crippen molar-refractivity contribution < 1.29 is 14.3 Å². The zero-order valence-electron chi connectivity index (χ0n) is 11.2. The van der Waals surface area contributed by atoms with E-state index in [1.165, 1.54) is 0 Å². The zero-order valence-corrected chi connectivity index (χ0v) is 15.1. The molecule has 0 radical (unpaired) electrons. The third-order valence-electron chi connectivity index (χ3n) is 3.04. The molecular weight excluding hydrogens is 437 g/mol. The standard InChI is InChI=1S/C15H10Br2ClNO3/c16-9-1-2-10(17)12(7-9)19-15(20)8-5-11(18)14-13(6-8)21-3-4-22-14/h1-2,5-7H,3-4H2,(H,19,20). The fourth-order valence-corrected chi connectivity index (χ4v) is 3.00. The van der Waals surface area contributed by atoms with Gasteiger partial charge in [-0.25, -0.2) is 0 Å². The van der Waals surface area contributed by atoms with Gasteiger partial charge < -0.3 is 14.8 Å². The lowest BCUT2D eigenvalue weighted by molar-refractivity contribution is 0.102. The minimum atomic E-state index is -0.280. The van der Waals surface area contributed by atoms with Crippen molar-refractivity contribution in [2.24, 2.45) is 0 Å². The van der Waals surface area contributed by atoms with E-state index in [4.69, 9.17) is 21.1 Å². The lowest BCUT2D eigenvalue weighted by atomic mass is 10.1. The van der Waals surface area contributed by atoms with Gasteiger partial charge in [0.1, 0.15) is 13.2 Å². The molecule has 3 rings (SSSR count). The van der Waals surface area contributed by atoms with Crippen molar-refractivity contribution in [2.75, 3.05) is 18.5 Å². The number of carbonyl (C=O) groups excluding carboxylic acids is 1. The zero-order chi connectivity index (χ0) is 15.7. The van der Waals surface area contributed by atoms with Crippen LogP contribution in [0.4, 0.5) is 5.69 Å². The van der Waals surface area contributed by atoms with Crippen molar-refractivity contribution >= 4 is 55.1 Å². The normalized spacial score (nSPS) is 12.9. The van der Waals surface area contributed by atoms with Crippen LogP contribution in [0.15, 0.2) is 39.3 Å². The summed E-state index contributed by atoms with van der Waals surface area (Å²) in [6.07, 6.45) is 0. The van der Waals surface area contributed by atoms with E-state index >= 15 is 0 Å². The van der Waals surface area contributed by atoms with Crippen LogP contribution in [0.25, 0.3) is 0 Å². The lowest BCUT2D eigenvalue weighted by Gasteiger charge is -2.20. The first kappa shape index (κ1) is 15.6. The largest absolute Gasteiger partial charge is 0.486 e. The highest BCUT2D eigenvalue weighted by molar-refractivity contribution is 9.11. The van der Waals surface area contributed by atoms with Gasteiger partial charge in [0.05, 0.1) is 10.7 Å². The maximum absolute atomic E-state index is 12.4. The second kappa shape index (κ2) is 6.48. The van der Waals surface area contributed by atoms with E-state index in [1.807, 2.05) is 18.2 Å². The third kappa shape index (κ3) is 3.24. The van der Waals surface area contributed by atoms with Crippen LogP contribution in [0.3, 0.4) is 0 Å². The summed E-state index contributed by atoms with van der Waals surface area (Å²) in [5, 5.41) is 3.19. The van der Waals surface area contributed by atoms with Crippen molar-refractivity contribution in [1.29, 1.82) is 0 Å². The number of carbonyl (C=O) groups is 1. The summed E-state index contributed by atoms with van der Waals surface area (Å²) < 4.78 is 12.6. The molecule has 2 aromatic rings. The number of nitrogens with one attached hydrogen (secondary N) is 1. The van der Waals surface area contributed by atoms with E-state index in [-0.39, 0.29) is 5.91 Å². The molecule has 1 amide bonds. The van der Waals surface area contributed by atoms with Crippen LogP contribution in [0.1, 0.15) is 10.4 Å². The monoisotopic (exact) mass is 445 g/mol. The molecule has 1 N–H and O–H groups in total. The van der Waals surface area contributed by atoms with Crippen LogP contribution in [-0.4, -0.2) is 19.1 Å². The van der Waals surface area contributed by atoms with Crippen LogP contribution in [0, 0.1) is 0 Å². The van der Waals surface area contributed by atoms with Gasteiger partial charge in [0.2, 0.25) is 0 Å². The summed E-state index contributed by atoms with van der Waals surface area (Å²) in [6.45, 7) is 0.884. The van der Waals surface area contributed by atoms with E-state index in [0.717, 1.165) is 8.95 Å². The third-order valence-corrected chi connectivity index (χ3v) is 4.50. The highest BCUT2D eigenvalue weighted by atomic mass is 79.9. The molecule has 0 saturated carbocycles. The van der Waals surface area contributed by atoms with Gasteiger partial charge in [0.15, 0.2) is 11.5 Å². The predicted molar refractivity (Wildman–Crippen MR) is 92.2 cm³/mol. The first-order valence-electron chi connectivity index (χ1n) is 6.40. The van der Waals surface area contributed by atoms with Gasteiger partial charge in [-0.05, 0) is 46.3 Å². The molecule has 7 heteroatoms. The number of benzene rings is 2. The first-order valence-corrected chi connectivity index (χ1v) is 8.36. The molecule has 0 saturated heterocycles. The molecule has 0 bridgehead atoms. The topological polar surface area (TPSA) is 47.6 Å². The van der Waals surface area contributed by atoms with E-state index in [0.29, 0.717) is 41.0 Å². The number of hydrogen-bond donors (Lipinski definition) is 1. The van der Waals surface area contributed by atoms with Crippen LogP contribution in [-0.2, 0) is 0 Å². The Kier molecular flexibility index (Phi) is 4.61. The maximum atomic E-state index is 12.4. The minimum Gasteiger partial charge on any atom is -0.486 e. The Bertz CT molecular complexity index is 752. The van der Waals surface area contributed by atoms with Crippen LogP contribution < -0.4 is 14.8 Å². The van der Waals surface area contributed by atoms with Crippen LogP contribution in [0.5, 0.6) is 11.5 Å². The lowest BCUT2D eigenvalue weighted by Crippen LogP contribution is -2.17. The van der Waals surface area contributed by atoms with Crippen LogP contribution >= 0.6 is 43.5 Å². The van der Waals surface area contributed by atoms with Gasteiger partial charge in [-0.2, -0.15) is 0 Å². The van der Waals surface area contributed by atoms with Gasteiger partial charge in [0.25, 0.3) is 5.91 Å². The highest BCUT2D eigenvalue weighted by Crippen LogP contribution is 2.38. The molecule has 0 unspecified atom stereocenters.